The molecular formula is C26H20ClN3O6. The Morgan fingerprint density at radius 2 is 1.78 bits per heavy atom. The zero-order valence-electron chi connectivity index (χ0n) is 19.1. The van der Waals surface area contributed by atoms with E-state index in [-0.39, 0.29) is 17.9 Å². The van der Waals surface area contributed by atoms with E-state index in [4.69, 9.17) is 16.3 Å². The third kappa shape index (κ3) is 5.11. The summed E-state index contributed by atoms with van der Waals surface area (Å²) < 4.78 is 5.86. The van der Waals surface area contributed by atoms with Gasteiger partial charge in [-0.25, -0.2) is 9.69 Å². The summed E-state index contributed by atoms with van der Waals surface area (Å²) in [7, 11) is 0. The van der Waals surface area contributed by atoms with Crippen LogP contribution in [0.2, 0.25) is 5.02 Å². The van der Waals surface area contributed by atoms with Gasteiger partial charge in [0.2, 0.25) is 0 Å². The first-order valence-corrected chi connectivity index (χ1v) is 11.3. The van der Waals surface area contributed by atoms with Crippen LogP contribution < -0.4 is 15.0 Å². The molecule has 0 saturated carbocycles. The van der Waals surface area contributed by atoms with Crippen LogP contribution in [0, 0.1) is 10.1 Å². The highest BCUT2D eigenvalue weighted by atomic mass is 35.5. The van der Waals surface area contributed by atoms with Gasteiger partial charge in [-0.1, -0.05) is 36.7 Å². The molecule has 0 spiro atoms. The van der Waals surface area contributed by atoms with Gasteiger partial charge in [-0.3, -0.25) is 25.0 Å². The largest absolute Gasteiger partial charge is 0.488 e. The number of non-ortho nitro benzene ring substituents is 1. The number of barbiturate groups is 1. The fourth-order valence-electron chi connectivity index (χ4n) is 3.70. The molecule has 182 valence electrons. The van der Waals surface area contributed by atoms with Gasteiger partial charge in [0.1, 0.15) is 17.9 Å². The number of ether oxygens (including phenoxy) is 1. The number of rotatable bonds is 7. The maximum atomic E-state index is 13.3. The molecular weight excluding hydrogens is 486 g/mol. The Bertz CT molecular complexity index is 1400. The number of carbonyl (C=O) groups excluding carboxylic acids is 3. The van der Waals surface area contributed by atoms with Gasteiger partial charge in [-0.15, -0.1) is 0 Å². The van der Waals surface area contributed by atoms with Crippen LogP contribution in [0.4, 0.5) is 16.2 Å². The van der Waals surface area contributed by atoms with Crippen LogP contribution in [0.5, 0.6) is 5.75 Å². The van der Waals surface area contributed by atoms with Crippen molar-refractivity contribution in [1.29, 1.82) is 0 Å². The Morgan fingerprint density at radius 1 is 1.06 bits per heavy atom. The summed E-state index contributed by atoms with van der Waals surface area (Å²) in [5.41, 5.74) is 1.88. The van der Waals surface area contributed by atoms with Gasteiger partial charge in [-0.2, -0.15) is 0 Å². The number of amides is 4. The van der Waals surface area contributed by atoms with Crippen molar-refractivity contribution in [3.05, 3.63) is 104 Å². The van der Waals surface area contributed by atoms with Crippen LogP contribution in [-0.4, -0.2) is 22.8 Å². The van der Waals surface area contributed by atoms with Crippen molar-refractivity contribution >= 4 is 46.9 Å². The second-order valence-electron chi connectivity index (χ2n) is 7.83. The van der Waals surface area contributed by atoms with Gasteiger partial charge < -0.3 is 4.74 Å². The molecule has 4 amide bonds. The highest BCUT2D eigenvalue weighted by Gasteiger charge is 2.37. The number of aryl methyl sites for hydroxylation is 1. The molecule has 1 heterocycles. The molecule has 1 aliphatic rings. The lowest BCUT2D eigenvalue weighted by molar-refractivity contribution is -0.384. The fraction of sp³-hybridized carbons (Fsp3) is 0.115. The summed E-state index contributed by atoms with van der Waals surface area (Å²) in [5, 5.41) is 13.4. The number of benzene rings is 3. The molecule has 9 nitrogen and oxygen atoms in total. The van der Waals surface area contributed by atoms with Crippen LogP contribution in [0.1, 0.15) is 23.6 Å². The smallest absolute Gasteiger partial charge is 0.335 e. The first-order valence-electron chi connectivity index (χ1n) is 10.9. The normalized spacial score (nSPS) is 14.7. The van der Waals surface area contributed by atoms with Gasteiger partial charge in [0.05, 0.1) is 10.6 Å². The number of hydrogen-bond donors (Lipinski definition) is 1. The molecule has 0 aromatic heterocycles. The number of anilines is 1. The monoisotopic (exact) mass is 505 g/mol. The van der Waals surface area contributed by atoms with E-state index in [2.05, 4.69) is 5.32 Å². The maximum Gasteiger partial charge on any atom is 0.335 e. The Hall–Kier alpha value is -4.50. The Labute approximate surface area is 211 Å². The predicted octanol–water partition coefficient (Wildman–Crippen LogP) is 5.06. The van der Waals surface area contributed by atoms with E-state index in [1.54, 1.807) is 48.5 Å². The summed E-state index contributed by atoms with van der Waals surface area (Å²) in [5.74, 6) is -1.29. The van der Waals surface area contributed by atoms with E-state index in [0.717, 1.165) is 10.5 Å². The molecule has 3 aromatic carbocycles. The summed E-state index contributed by atoms with van der Waals surface area (Å²) in [4.78, 5) is 49.8. The van der Waals surface area contributed by atoms with Crippen LogP contribution >= 0.6 is 11.6 Å². The van der Waals surface area contributed by atoms with Crippen LogP contribution in [0.25, 0.3) is 6.08 Å². The molecule has 0 bridgehead atoms. The molecule has 36 heavy (non-hydrogen) atoms. The zero-order valence-corrected chi connectivity index (χ0v) is 19.8. The summed E-state index contributed by atoms with van der Waals surface area (Å²) >= 11 is 6.16. The fourth-order valence-corrected chi connectivity index (χ4v) is 3.88. The molecule has 0 atom stereocenters. The quantitative estimate of drug-likeness (QED) is 0.207. The van der Waals surface area contributed by atoms with Crippen molar-refractivity contribution in [3.8, 4) is 5.75 Å². The molecule has 1 fully saturated rings. The number of para-hydroxylation sites is 1. The van der Waals surface area contributed by atoms with Crippen molar-refractivity contribution in [2.24, 2.45) is 0 Å². The second-order valence-corrected chi connectivity index (χ2v) is 8.27. The van der Waals surface area contributed by atoms with Gasteiger partial charge in [0, 0.05) is 22.7 Å². The number of nitrogens with zero attached hydrogens (tertiary/aromatic N) is 2. The first kappa shape index (κ1) is 24.6. The molecule has 10 heteroatoms. The first-order chi connectivity index (χ1) is 17.3. The van der Waals surface area contributed by atoms with Crippen molar-refractivity contribution in [2.45, 2.75) is 20.0 Å². The maximum absolute atomic E-state index is 13.3. The zero-order chi connectivity index (χ0) is 25.8. The van der Waals surface area contributed by atoms with E-state index < -0.39 is 22.8 Å². The van der Waals surface area contributed by atoms with Crippen molar-refractivity contribution in [3.63, 3.8) is 0 Å². The topological polar surface area (TPSA) is 119 Å². The highest BCUT2D eigenvalue weighted by Crippen LogP contribution is 2.30. The second kappa shape index (κ2) is 10.4. The lowest BCUT2D eigenvalue weighted by Crippen LogP contribution is -2.54. The minimum atomic E-state index is -0.837. The Balaban J connectivity index is 1.65. The highest BCUT2D eigenvalue weighted by molar-refractivity contribution is 6.39. The van der Waals surface area contributed by atoms with E-state index in [1.165, 1.54) is 24.3 Å². The molecule has 0 aliphatic carbocycles. The SMILES string of the molecule is CCc1ccccc1N1C(=O)NC(=O)/C(=C/c2cc(Cl)ccc2OCc2ccc([N+](=O)[O-])cc2)C1=O. The number of nitro groups is 1. The van der Waals surface area contributed by atoms with Crippen molar-refractivity contribution < 1.29 is 24.0 Å². The summed E-state index contributed by atoms with van der Waals surface area (Å²) in [6.45, 7) is 1.97. The van der Waals surface area contributed by atoms with E-state index in [1.807, 2.05) is 6.92 Å². The Morgan fingerprint density at radius 3 is 2.47 bits per heavy atom. The summed E-state index contributed by atoms with van der Waals surface area (Å²) in [6, 6.07) is 16.7. The average molecular weight is 506 g/mol. The molecule has 1 N–H and O–H groups in total. The van der Waals surface area contributed by atoms with E-state index >= 15 is 0 Å². The Kier molecular flexibility index (Phi) is 7.12. The number of imide groups is 2. The molecule has 0 unspecified atom stereocenters. The van der Waals surface area contributed by atoms with Gasteiger partial charge in [-0.05, 0) is 60.0 Å². The van der Waals surface area contributed by atoms with Gasteiger partial charge in [0.15, 0.2) is 0 Å². The predicted molar refractivity (Wildman–Crippen MR) is 134 cm³/mol. The molecule has 4 rings (SSSR count). The number of carbonyl (C=O) groups is 3. The number of nitrogens with one attached hydrogen (secondary N) is 1. The third-order valence-corrected chi connectivity index (χ3v) is 5.76. The van der Waals surface area contributed by atoms with Crippen LogP contribution in [0.15, 0.2) is 72.3 Å². The molecule has 0 radical (unpaired) electrons. The number of hydrogen-bond acceptors (Lipinski definition) is 6. The molecule has 1 saturated heterocycles. The van der Waals surface area contributed by atoms with Crippen molar-refractivity contribution in [1.82, 2.24) is 5.32 Å². The molecule has 1 aliphatic heterocycles. The number of nitro benzene ring substituents is 1. The van der Waals surface area contributed by atoms with E-state index in [0.29, 0.717) is 34.0 Å². The minimum absolute atomic E-state index is 0.0405. The number of halogens is 1. The lowest BCUT2D eigenvalue weighted by Gasteiger charge is -2.28. The molecule has 3 aromatic rings. The van der Waals surface area contributed by atoms with Crippen LogP contribution in [0.3, 0.4) is 0 Å². The minimum Gasteiger partial charge on any atom is -0.488 e. The third-order valence-electron chi connectivity index (χ3n) is 5.53. The average Bonchev–Trinajstić information content (AvgIpc) is 2.86. The van der Waals surface area contributed by atoms with Gasteiger partial charge >= 0.3 is 6.03 Å². The number of urea groups is 1. The standard InChI is InChI=1S/C26H20ClN3O6/c1-2-17-5-3-4-6-22(17)29-25(32)21(24(31)28-26(29)33)14-18-13-19(27)9-12-23(18)36-15-16-7-10-20(11-8-16)30(34)35/h3-14H,2,15H2,1H3,(H,28,31,33)/b21-14-. The van der Waals surface area contributed by atoms with Crippen molar-refractivity contribution in [2.75, 3.05) is 4.90 Å². The van der Waals surface area contributed by atoms with Gasteiger partial charge in [0.25, 0.3) is 17.5 Å². The summed E-state index contributed by atoms with van der Waals surface area (Å²) in [6.07, 6.45) is 1.90. The van der Waals surface area contributed by atoms with Crippen LogP contribution in [-0.2, 0) is 22.6 Å². The lowest BCUT2D eigenvalue weighted by atomic mass is 10.0. The van der Waals surface area contributed by atoms with E-state index in [9.17, 15) is 24.5 Å².